The lowest BCUT2D eigenvalue weighted by Crippen LogP contribution is -2.10. The highest BCUT2D eigenvalue weighted by atomic mass is 79.9. The molecule has 6 heteroatoms. The van der Waals surface area contributed by atoms with Gasteiger partial charge in [-0.2, -0.15) is 13.2 Å². The maximum absolute atomic E-state index is 11.9. The lowest BCUT2D eigenvalue weighted by Gasteiger charge is -2.12. The predicted octanol–water partition coefficient (Wildman–Crippen LogP) is 4.96. The van der Waals surface area contributed by atoms with Gasteiger partial charge in [0.25, 0.3) is 0 Å². The highest BCUT2D eigenvalue weighted by molar-refractivity contribution is 9.08. The van der Waals surface area contributed by atoms with Crippen LogP contribution in [0.15, 0.2) is 18.2 Å². The second kappa shape index (κ2) is 6.50. The van der Waals surface area contributed by atoms with Crippen LogP contribution < -0.4 is 4.74 Å². The molecule has 96 valence electrons. The zero-order chi connectivity index (χ0) is 12.9. The molecular weight excluding hydrogens is 320 g/mol. The zero-order valence-corrected chi connectivity index (χ0v) is 11.2. The van der Waals surface area contributed by atoms with Gasteiger partial charge in [-0.3, -0.25) is 0 Å². The van der Waals surface area contributed by atoms with Crippen molar-refractivity contribution in [1.29, 1.82) is 0 Å². The number of rotatable bonds is 5. The van der Waals surface area contributed by atoms with Crippen LogP contribution in [-0.4, -0.2) is 12.8 Å². The van der Waals surface area contributed by atoms with Gasteiger partial charge in [0.1, 0.15) is 5.75 Å². The molecule has 0 saturated carbocycles. The lowest BCUT2D eigenvalue weighted by atomic mass is 10.2. The van der Waals surface area contributed by atoms with Crippen LogP contribution in [0.25, 0.3) is 0 Å². The topological polar surface area (TPSA) is 9.23 Å². The number of hydrogen-bond donors (Lipinski definition) is 0. The van der Waals surface area contributed by atoms with E-state index in [-0.39, 0.29) is 13.0 Å². The van der Waals surface area contributed by atoms with E-state index in [9.17, 15) is 13.2 Å². The van der Waals surface area contributed by atoms with Gasteiger partial charge in [-0.1, -0.05) is 39.7 Å². The molecule has 0 spiro atoms. The standard InChI is InChI=1S/C11H11BrClF3O/c12-7-8-3-1-4-9(13)10(8)17-6-2-5-11(14,15)16/h1,3-4H,2,5-7H2. The average Bonchev–Trinajstić information content (AvgIpc) is 2.24. The third kappa shape index (κ3) is 5.17. The van der Waals surface area contributed by atoms with Crippen molar-refractivity contribution < 1.29 is 17.9 Å². The fourth-order valence-corrected chi connectivity index (χ4v) is 1.96. The Kier molecular flexibility index (Phi) is 5.59. The number of para-hydroxylation sites is 1. The molecule has 0 amide bonds. The number of hydrogen-bond acceptors (Lipinski definition) is 1. The second-order valence-corrected chi connectivity index (χ2v) is 4.40. The molecule has 0 saturated heterocycles. The Hall–Kier alpha value is -0.420. The van der Waals surface area contributed by atoms with Crippen LogP contribution in [0.4, 0.5) is 13.2 Å². The first-order chi connectivity index (χ1) is 7.94. The van der Waals surface area contributed by atoms with E-state index in [0.29, 0.717) is 16.1 Å². The Balaban J connectivity index is 2.52. The van der Waals surface area contributed by atoms with E-state index in [4.69, 9.17) is 16.3 Å². The van der Waals surface area contributed by atoms with Crippen molar-refractivity contribution in [3.05, 3.63) is 28.8 Å². The van der Waals surface area contributed by atoms with E-state index in [1.165, 1.54) is 0 Å². The summed E-state index contributed by atoms with van der Waals surface area (Å²) in [6.07, 6.45) is -5.06. The van der Waals surface area contributed by atoms with E-state index in [1.54, 1.807) is 18.2 Å². The van der Waals surface area contributed by atoms with Crippen LogP contribution in [-0.2, 0) is 5.33 Å². The van der Waals surface area contributed by atoms with Crippen molar-refractivity contribution in [2.24, 2.45) is 0 Å². The fraction of sp³-hybridized carbons (Fsp3) is 0.455. The Bertz CT molecular complexity index is 368. The van der Waals surface area contributed by atoms with Crippen LogP contribution in [0.2, 0.25) is 5.02 Å². The minimum atomic E-state index is -4.14. The molecule has 0 atom stereocenters. The molecular formula is C11H11BrClF3O. The Morgan fingerprint density at radius 2 is 2.00 bits per heavy atom. The summed E-state index contributed by atoms with van der Waals surface area (Å²) in [7, 11) is 0. The summed E-state index contributed by atoms with van der Waals surface area (Å²) in [4.78, 5) is 0. The maximum Gasteiger partial charge on any atom is 0.389 e. The molecule has 1 nitrogen and oxygen atoms in total. The van der Waals surface area contributed by atoms with Crippen molar-refractivity contribution in [3.8, 4) is 5.75 Å². The normalized spacial score (nSPS) is 11.6. The van der Waals surface area contributed by atoms with Gasteiger partial charge >= 0.3 is 6.18 Å². The second-order valence-electron chi connectivity index (χ2n) is 3.43. The summed E-state index contributed by atoms with van der Waals surface area (Å²) in [5.41, 5.74) is 0.824. The van der Waals surface area contributed by atoms with Crippen molar-refractivity contribution in [1.82, 2.24) is 0 Å². The maximum atomic E-state index is 11.9. The Labute approximate surface area is 111 Å². The number of benzene rings is 1. The molecule has 0 aliphatic rings. The van der Waals surface area contributed by atoms with E-state index in [1.807, 2.05) is 0 Å². The zero-order valence-electron chi connectivity index (χ0n) is 8.86. The molecule has 0 radical (unpaired) electrons. The molecule has 17 heavy (non-hydrogen) atoms. The van der Waals surface area contributed by atoms with Crippen molar-refractivity contribution in [2.45, 2.75) is 24.3 Å². The van der Waals surface area contributed by atoms with Crippen LogP contribution in [0.3, 0.4) is 0 Å². The van der Waals surface area contributed by atoms with Gasteiger partial charge in [-0.25, -0.2) is 0 Å². The van der Waals surface area contributed by atoms with Gasteiger partial charge in [-0.05, 0) is 12.5 Å². The fourth-order valence-electron chi connectivity index (χ4n) is 1.27. The third-order valence-electron chi connectivity index (χ3n) is 2.04. The summed E-state index contributed by atoms with van der Waals surface area (Å²) in [6, 6.07) is 5.22. The summed E-state index contributed by atoms with van der Waals surface area (Å²) >= 11 is 9.17. The molecule has 0 heterocycles. The van der Waals surface area contributed by atoms with Crippen LogP contribution in [0, 0.1) is 0 Å². The van der Waals surface area contributed by atoms with E-state index < -0.39 is 12.6 Å². The molecule has 0 fully saturated rings. The molecule has 0 aromatic heterocycles. The number of alkyl halides is 4. The average molecular weight is 332 g/mol. The molecule has 1 aromatic carbocycles. The van der Waals surface area contributed by atoms with Crippen molar-refractivity contribution >= 4 is 27.5 Å². The minimum Gasteiger partial charge on any atom is -0.492 e. The molecule has 0 unspecified atom stereocenters. The first kappa shape index (κ1) is 14.6. The number of ether oxygens (including phenoxy) is 1. The largest absolute Gasteiger partial charge is 0.492 e. The van der Waals surface area contributed by atoms with Crippen molar-refractivity contribution in [2.75, 3.05) is 6.61 Å². The van der Waals surface area contributed by atoms with Gasteiger partial charge in [0.05, 0.1) is 11.6 Å². The van der Waals surface area contributed by atoms with Gasteiger partial charge < -0.3 is 4.74 Å². The summed E-state index contributed by atoms with van der Waals surface area (Å²) in [5, 5.41) is 0.955. The predicted molar refractivity (Wildman–Crippen MR) is 64.9 cm³/mol. The van der Waals surface area contributed by atoms with Crippen LogP contribution in [0.5, 0.6) is 5.75 Å². The highest BCUT2D eigenvalue weighted by Crippen LogP contribution is 2.30. The van der Waals surface area contributed by atoms with E-state index in [0.717, 1.165) is 5.56 Å². The summed E-state index contributed by atoms with van der Waals surface area (Å²) < 4.78 is 41.0. The van der Waals surface area contributed by atoms with Crippen LogP contribution in [0.1, 0.15) is 18.4 Å². The number of halogens is 5. The van der Waals surface area contributed by atoms with Crippen LogP contribution >= 0.6 is 27.5 Å². The molecule has 1 aromatic rings. The van der Waals surface area contributed by atoms with Gasteiger partial charge in [0.15, 0.2) is 0 Å². The molecule has 0 aliphatic heterocycles. The van der Waals surface area contributed by atoms with E-state index >= 15 is 0 Å². The van der Waals surface area contributed by atoms with Gasteiger partial charge in [0, 0.05) is 17.3 Å². The summed E-state index contributed by atoms with van der Waals surface area (Å²) in [5.74, 6) is 0.452. The summed E-state index contributed by atoms with van der Waals surface area (Å²) in [6.45, 7) is 0.00322. The first-order valence-electron chi connectivity index (χ1n) is 4.97. The highest BCUT2D eigenvalue weighted by Gasteiger charge is 2.26. The molecule has 0 bridgehead atoms. The SMILES string of the molecule is FC(F)(F)CCCOc1c(Cl)cccc1CBr. The Morgan fingerprint density at radius 3 is 2.59 bits per heavy atom. The minimum absolute atomic E-state index is 0.00322. The van der Waals surface area contributed by atoms with E-state index in [2.05, 4.69) is 15.9 Å². The quantitative estimate of drug-likeness (QED) is 0.547. The molecule has 0 N–H and O–H groups in total. The van der Waals surface area contributed by atoms with Gasteiger partial charge in [0.2, 0.25) is 0 Å². The monoisotopic (exact) mass is 330 g/mol. The smallest absolute Gasteiger partial charge is 0.389 e. The lowest BCUT2D eigenvalue weighted by molar-refractivity contribution is -0.136. The Morgan fingerprint density at radius 1 is 1.29 bits per heavy atom. The molecule has 0 aliphatic carbocycles. The van der Waals surface area contributed by atoms with Crippen molar-refractivity contribution in [3.63, 3.8) is 0 Å². The van der Waals surface area contributed by atoms with Gasteiger partial charge in [-0.15, -0.1) is 0 Å². The first-order valence-corrected chi connectivity index (χ1v) is 6.47. The molecule has 1 rings (SSSR count). The third-order valence-corrected chi connectivity index (χ3v) is 2.95.